The third-order valence-electron chi connectivity index (χ3n) is 2.67. The molecule has 0 amide bonds. The van der Waals surface area contributed by atoms with E-state index < -0.39 is 0 Å². The van der Waals surface area contributed by atoms with Crippen molar-refractivity contribution in [1.82, 2.24) is 15.0 Å². The van der Waals surface area contributed by atoms with Crippen LogP contribution in [0, 0.1) is 6.92 Å². The van der Waals surface area contributed by atoms with Crippen LogP contribution >= 0.6 is 0 Å². The van der Waals surface area contributed by atoms with Crippen LogP contribution in [0.4, 0.5) is 11.6 Å². The van der Waals surface area contributed by atoms with E-state index in [9.17, 15) is 0 Å². The minimum atomic E-state index is 0.363. The summed E-state index contributed by atoms with van der Waals surface area (Å²) in [5.41, 5.74) is 7.84. The Morgan fingerprint density at radius 1 is 1.30 bits per heavy atom. The lowest BCUT2D eigenvalue weighted by molar-refractivity contribution is 0.128. The van der Waals surface area contributed by atoms with Gasteiger partial charge in [-0.2, -0.15) is 0 Å². The summed E-state index contributed by atoms with van der Waals surface area (Å²) in [5.74, 6) is 1.70. The van der Waals surface area contributed by atoms with E-state index in [2.05, 4.69) is 20.3 Å². The minimum absolute atomic E-state index is 0.363. The number of anilines is 2. The summed E-state index contributed by atoms with van der Waals surface area (Å²) in [4.78, 5) is 12.7. The van der Waals surface area contributed by atoms with Crippen LogP contribution in [0.1, 0.15) is 24.0 Å². The Balaban J connectivity index is 2.01. The molecule has 0 saturated heterocycles. The monoisotopic (exact) mass is 273 g/mol. The Hall–Kier alpha value is -2.21. The first-order valence-electron chi connectivity index (χ1n) is 6.54. The van der Waals surface area contributed by atoms with Crippen LogP contribution in [0.3, 0.4) is 0 Å². The topological polar surface area (TPSA) is 86.0 Å². The molecule has 106 valence electrons. The number of pyridine rings is 1. The lowest BCUT2D eigenvalue weighted by Crippen LogP contribution is -2.08. The van der Waals surface area contributed by atoms with Gasteiger partial charge in [-0.25, -0.2) is 9.97 Å². The molecule has 0 unspecified atom stereocenters. The van der Waals surface area contributed by atoms with Crippen molar-refractivity contribution >= 4 is 11.6 Å². The second kappa shape index (κ2) is 6.81. The highest BCUT2D eigenvalue weighted by molar-refractivity contribution is 5.44. The Morgan fingerprint density at radius 2 is 2.15 bits per heavy atom. The standard InChI is InChI=1S/C14H19N5O/c1-3-20-9-14-18-12(15)6-13(19-14)17-8-11-5-4-10(2)16-7-11/h4-7H,3,8-9H2,1-2H3,(H3,15,17,18,19). The quantitative estimate of drug-likeness (QED) is 0.836. The number of aromatic nitrogens is 3. The number of ether oxygens (including phenoxy) is 1. The van der Waals surface area contributed by atoms with Crippen LogP contribution in [0.5, 0.6) is 0 Å². The summed E-state index contributed by atoms with van der Waals surface area (Å²) in [6.45, 7) is 5.51. The van der Waals surface area contributed by atoms with Gasteiger partial charge in [0.1, 0.15) is 18.2 Å². The number of rotatable bonds is 6. The summed E-state index contributed by atoms with van der Waals surface area (Å²) in [6.07, 6.45) is 1.84. The zero-order valence-corrected chi connectivity index (χ0v) is 11.8. The predicted molar refractivity (Wildman–Crippen MR) is 78.1 cm³/mol. The number of nitrogens with one attached hydrogen (secondary N) is 1. The zero-order chi connectivity index (χ0) is 14.4. The Kier molecular flexibility index (Phi) is 4.84. The van der Waals surface area contributed by atoms with Gasteiger partial charge in [0.15, 0.2) is 5.82 Å². The van der Waals surface area contributed by atoms with Gasteiger partial charge in [-0.1, -0.05) is 6.07 Å². The molecule has 0 bridgehead atoms. The second-order valence-corrected chi connectivity index (χ2v) is 4.39. The molecule has 0 atom stereocenters. The molecule has 0 aliphatic rings. The van der Waals surface area contributed by atoms with Crippen molar-refractivity contribution in [2.45, 2.75) is 27.0 Å². The summed E-state index contributed by atoms with van der Waals surface area (Å²) in [5, 5.41) is 3.21. The minimum Gasteiger partial charge on any atom is -0.384 e. The average molecular weight is 273 g/mol. The van der Waals surface area contributed by atoms with Crippen molar-refractivity contribution in [1.29, 1.82) is 0 Å². The van der Waals surface area contributed by atoms with E-state index in [0.29, 0.717) is 37.2 Å². The smallest absolute Gasteiger partial charge is 0.158 e. The van der Waals surface area contributed by atoms with Crippen LogP contribution < -0.4 is 11.1 Å². The lowest BCUT2D eigenvalue weighted by Gasteiger charge is -2.08. The summed E-state index contributed by atoms with van der Waals surface area (Å²) in [6, 6.07) is 5.71. The normalized spacial score (nSPS) is 10.5. The maximum Gasteiger partial charge on any atom is 0.158 e. The predicted octanol–water partition coefficient (Wildman–Crippen LogP) is 1.91. The maximum absolute atomic E-state index is 5.76. The van der Waals surface area contributed by atoms with Crippen molar-refractivity contribution in [3.05, 3.63) is 41.5 Å². The van der Waals surface area contributed by atoms with E-state index in [4.69, 9.17) is 10.5 Å². The molecule has 6 heteroatoms. The van der Waals surface area contributed by atoms with Crippen molar-refractivity contribution in [2.75, 3.05) is 17.7 Å². The zero-order valence-electron chi connectivity index (χ0n) is 11.8. The first-order valence-corrected chi connectivity index (χ1v) is 6.54. The fraction of sp³-hybridized carbons (Fsp3) is 0.357. The van der Waals surface area contributed by atoms with Crippen LogP contribution in [-0.2, 0) is 17.9 Å². The van der Waals surface area contributed by atoms with Gasteiger partial charge in [0.25, 0.3) is 0 Å². The number of nitrogens with two attached hydrogens (primary N) is 1. The molecule has 20 heavy (non-hydrogen) atoms. The first-order chi connectivity index (χ1) is 9.67. The molecule has 6 nitrogen and oxygen atoms in total. The van der Waals surface area contributed by atoms with E-state index in [-0.39, 0.29) is 0 Å². The van der Waals surface area contributed by atoms with Crippen molar-refractivity contribution < 1.29 is 4.74 Å². The highest BCUT2D eigenvalue weighted by Crippen LogP contribution is 2.11. The molecule has 2 rings (SSSR count). The van der Waals surface area contributed by atoms with Gasteiger partial charge in [0, 0.05) is 31.1 Å². The van der Waals surface area contributed by atoms with Gasteiger partial charge >= 0.3 is 0 Å². The van der Waals surface area contributed by atoms with Crippen LogP contribution in [-0.4, -0.2) is 21.6 Å². The number of nitrogens with zero attached hydrogens (tertiary/aromatic N) is 3. The molecule has 0 fully saturated rings. The molecule has 0 aromatic carbocycles. The largest absolute Gasteiger partial charge is 0.384 e. The molecule has 0 radical (unpaired) electrons. The number of hydrogen-bond donors (Lipinski definition) is 2. The number of hydrogen-bond acceptors (Lipinski definition) is 6. The van der Waals surface area contributed by atoms with E-state index in [0.717, 1.165) is 11.3 Å². The molecule has 0 saturated carbocycles. The number of aryl methyl sites for hydroxylation is 1. The summed E-state index contributed by atoms with van der Waals surface area (Å²) >= 11 is 0. The van der Waals surface area contributed by atoms with Crippen LogP contribution in [0.2, 0.25) is 0 Å². The molecule has 2 heterocycles. The highest BCUT2D eigenvalue weighted by Gasteiger charge is 2.03. The van der Waals surface area contributed by atoms with E-state index >= 15 is 0 Å². The van der Waals surface area contributed by atoms with Crippen LogP contribution in [0.25, 0.3) is 0 Å². The average Bonchev–Trinajstić information content (AvgIpc) is 2.44. The summed E-state index contributed by atoms with van der Waals surface area (Å²) in [7, 11) is 0. The maximum atomic E-state index is 5.76. The van der Waals surface area contributed by atoms with Gasteiger partial charge in [-0.05, 0) is 25.5 Å². The Bertz CT molecular complexity index is 556. The molecular weight excluding hydrogens is 254 g/mol. The molecule has 2 aromatic rings. The van der Waals surface area contributed by atoms with E-state index in [1.54, 1.807) is 6.07 Å². The van der Waals surface area contributed by atoms with Gasteiger partial charge in [0.2, 0.25) is 0 Å². The second-order valence-electron chi connectivity index (χ2n) is 4.39. The van der Waals surface area contributed by atoms with E-state index in [1.165, 1.54) is 0 Å². The molecule has 0 aliphatic heterocycles. The molecular formula is C14H19N5O. The molecule has 2 aromatic heterocycles. The van der Waals surface area contributed by atoms with Gasteiger partial charge in [-0.3, -0.25) is 4.98 Å². The van der Waals surface area contributed by atoms with Crippen LogP contribution in [0.15, 0.2) is 24.4 Å². The first kappa shape index (κ1) is 14.2. The summed E-state index contributed by atoms with van der Waals surface area (Å²) < 4.78 is 5.29. The SMILES string of the molecule is CCOCc1nc(N)cc(NCc2ccc(C)nc2)n1. The third-order valence-corrected chi connectivity index (χ3v) is 2.67. The van der Waals surface area contributed by atoms with Gasteiger partial charge in [-0.15, -0.1) is 0 Å². The van der Waals surface area contributed by atoms with Crippen molar-refractivity contribution in [3.63, 3.8) is 0 Å². The highest BCUT2D eigenvalue weighted by atomic mass is 16.5. The third kappa shape index (κ3) is 4.17. The molecule has 0 spiro atoms. The van der Waals surface area contributed by atoms with E-state index in [1.807, 2.05) is 32.2 Å². The van der Waals surface area contributed by atoms with Gasteiger partial charge < -0.3 is 15.8 Å². The van der Waals surface area contributed by atoms with Crippen molar-refractivity contribution in [2.24, 2.45) is 0 Å². The fourth-order valence-corrected chi connectivity index (χ4v) is 1.66. The van der Waals surface area contributed by atoms with Crippen molar-refractivity contribution in [3.8, 4) is 0 Å². The Labute approximate surface area is 118 Å². The molecule has 3 N–H and O–H groups in total. The number of nitrogen functional groups attached to an aromatic ring is 1. The Morgan fingerprint density at radius 3 is 2.85 bits per heavy atom. The molecule has 0 aliphatic carbocycles. The van der Waals surface area contributed by atoms with Gasteiger partial charge in [0.05, 0.1) is 0 Å². The fourth-order valence-electron chi connectivity index (χ4n) is 1.66. The lowest BCUT2D eigenvalue weighted by atomic mass is 10.2.